The Morgan fingerprint density at radius 1 is 1.47 bits per heavy atom. The second-order valence-electron chi connectivity index (χ2n) is 3.95. The molecule has 80 valence electrons. The molecule has 0 aliphatic heterocycles. The van der Waals surface area contributed by atoms with Crippen LogP contribution in [-0.4, -0.2) is 16.2 Å². The van der Waals surface area contributed by atoms with E-state index in [0.717, 1.165) is 10.0 Å². The van der Waals surface area contributed by atoms with Gasteiger partial charge >= 0.3 is 5.97 Å². The molecule has 0 unspecified atom stereocenters. The highest BCUT2D eigenvalue weighted by molar-refractivity contribution is 9.10. The number of hydrogen-bond acceptors (Lipinski definition) is 2. The minimum Gasteiger partial charge on any atom is -0.508 e. The lowest BCUT2D eigenvalue weighted by Gasteiger charge is -2.16. The van der Waals surface area contributed by atoms with E-state index in [1.807, 2.05) is 6.92 Å². The summed E-state index contributed by atoms with van der Waals surface area (Å²) in [5.74, 6) is -0.769. The molecular formula is C11H11BrO3. The molecule has 1 aliphatic rings. The maximum absolute atomic E-state index is 11.2. The summed E-state index contributed by atoms with van der Waals surface area (Å²) in [6.45, 7) is 1.82. The predicted octanol–water partition coefficient (Wildman–Crippen LogP) is 2.58. The standard InChI is InChI=1S/C11H11BrO3/c1-6-7(12)2-3-8(13)9(6)11(4-5-11)10(14)15/h2-3,13H,4-5H2,1H3,(H,14,15). The first kappa shape index (κ1) is 10.5. The smallest absolute Gasteiger partial charge is 0.314 e. The first-order chi connectivity index (χ1) is 6.99. The highest BCUT2D eigenvalue weighted by Gasteiger charge is 2.54. The molecule has 4 heteroatoms. The van der Waals surface area contributed by atoms with Crippen molar-refractivity contribution < 1.29 is 15.0 Å². The highest BCUT2D eigenvalue weighted by atomic mass is 79.9. The lowest BCUT2D eigenvalue weighted by molar-refractivity contribution is -0.140. The summed E-state index contributed by atoms with van der Waals surface area (Å²) in [6, 6.07) is 3.27. The van der Waals surface area contributed by atoms with Gasteiger partial charge in [0.2, 0.25) is 0 Å². The summed E-state index contributed by atoms with van der Waals surface area (Å²) in [5.41, 5.74) is 0.525. The minimum atomic E-state index is -0.849. The molecule has 0 amide bonds. The molecule has 0 aromatic heterocycles. The number of carbonyl (C=O) groups is 1. The molecule has 2 rings (SSSR count). The van der Waals surface area contributed by atoms with Crippen molar-refractivity contribution >= 4 is 21.9 Å². The second kappa shape index (κ2) is 3.23. The van der Waals surface area contributed by atoms with Crippen LogP contribution in [-0.2, 0) is 10.2 Å². The molecule has 0 heterocycles. The Bertz CT molecular complexity index is 436. The van der Waals surface area contributed by atoms with Crippen molar-refractivity contribution in [3.63, 3.8) is 0 Å². The van der Waals surface area contributed by atoms with Crippen LogP contribution in [0.2, 0.25) is 0 Å². The van der Waals surface area contributed by atoms with Crippen molar-refractivity contribution in [1.29, 1.82) is 0 Å². The van der Waals surface area contributed by atoms with Gasteiger partial charge in [0, 0.05) is 10.0 Å². The molecule has 0 saturated heterocycles. The molecule has 1 aliphatic carbocycles. The van der Waals surface area contributed by atoms with E-state index in [9.17, 15) is 15.0 Å². The van der Waals surface area contributed by atoms with Gasteiger partial charge in [0.05, 0.1) is 5.41 Å². The molecule has 0 atom stereocenters. The quantitative estimate of drug-likeness (QED) is 0.869. The van der Waals surface area contributed by atoms with E-state index < -0.39 is 11.4 Å². The minimum absolute atomic E-state index is 0.0793. The van der Waals surface area contributed by atoms with Crippen molar-refractivity contribution in [2.24, 2.45) is 0 Å². The number of halogens is 1. The molecule has 3 nitrogen and oxygen atoms in total. The van der Waals surface area contributed by atoms with Crippen LogP contribution in [0.5, 0.6) is 5.75 Å². The number of aliphatic carboxylic acids is 1. The van der Waals surface area contributed by atoms with Gasteiger partial charge in [-0.3, -0.25) is 4.79 Å². The summed E-state index contributed by atoms with van der Waals surface area (Å²) in [5, 5.41) is 18.9. The number of phenols is 1. The number of hydrogen-bond donors (Lipinski definition) is 2. The summed E-state index contributed by atoms with van der Waals surface area (Å²) in [4.78, 5) is 11.2. The summed E-state index contributed by atoms with van der Waals surface area (Å²) in [6.07, 6.45) is 1.21. The van der Waals surface area contributed by atoms with Crippen LogP contribution in [0.1, 0.15) is 24.0 Å². The van der Waals surface area contributed by atoms with Crippen LogP contribution < -0.4 is 0 Å². The SMILES string of the molecule is Cc1c(Br)ccc(O)c1C1(C(=O)O)CC1. The maximum Gasteiger partial charge on any atom is 0.314 e. The second-order valence-corrected chi connectivity index (χ2v) is 4.81. The predicted molar refractivity (Wildman–Crippen MR) is 59.1 cm³/mol. The van der Waals surface area contributed by atoms with E-state index in [1.165, 1.54) is 6.07 Å². The summed E-state index contributed by atoms with van der Waals surface area (Å²) >= 11 is 3.35. The number of phenolic OH excluding ortho intramolecular Hbond substituents is 1. The van der Waals surface area contributed by atoms with Crippen LogP contribution in [0, 0.1) is 6.92 Å². The number of carboxylic acids is 1. The first-order valence-electron chi connectivity index (χ1n) is 4.71. The maximum atomic E-state index is 11.2. The fourth-order valence-electron chi connectivity index (χ4n) is 1.97. The van der Waals surface area contributed by atoms with Crippen molar-refractivity contribution in [1.82, 2.24) is 0 Å². The number of aromatic hydroxyl groups is 1. The molecule has 1 aromatic rings. The fraction of sp³-hybridized carbons (Fsp3) is 0.364. The summed E-state index contributed by atoms with van der Waals surface area (Å²) < 4.78 is 0.836. The molecule has 1 saturated carbocycles. The number of benzene rings is 1. The van der Waals surface area contributed by atoms with Gasteiger partial charge in [0.15, 0.2) is 0 Å². The Morgan fingerprint density at radius 2 is 2.07 bits per heavy atom. The largest absolute Gasteiger partial charge is 0.508 e. The third-order valence-corrected chi connectivity index (χ3v) is 3.87. The van der Waals surface area contributed by atoms with Gasteiger partial charge in [0.25, 0.3) is 0 Å². The zero-order chi connectivity index (χ0) is 11.2. The van der Waals surface area contributed by atoms with Gasteiger partial charge < -0.3 is 10.2 Å². The highest BCUT2D eigenvalue weighted by Crippen LogP contribution is 2.53. The van der Waals surface area contributed by atoms with Crippen LogP contribution >= 0.6 is 15.9 Å². The van der Waals surface area contributed by atoms with E-state index in [1.54, 1.807) is 6.07 Å². The van der Waals surface area contributed by atoms with Crippen molar-refractivity contribution in [3.05, 3.63) is 27.7 Å². The third-order valence-electron chi connectivity index (χ3n) is 3.01. The molecule has 15 heavy (non-hydrogen) atoms. The average Bonchev–Trinajstić information content (AvgIpc) is 2.93. The van der Waals surface area contributed by atoms with Crippen LogP contribution in [0.4, 0.5) is 0 Å². The van der Waals surface area contributed by atoms with Gasteiger partial charge in [-0.2, -0.15) is 0 Å². The lowest BCUT2D eigenvalue weighted by Crippen LogP contribution is -2.21. The molecule has 0 radical (unpaired) electrons. The van der Waals surface area contributed by atoms with Gasteiger partial charge in [0.1, 0.15) is 5.75 Å². The van der Waals surface area contributed by atoms with Crippen molar-refractivity contribution in [2.45, 2.75) is 25.2 Å². The first-order valence-corrected chi connectivity index (χ1v) is 5.50. The number of carboxylic acid groups (broad SMARTS) is 1. The molecule has 0 spiro atoms. The van der Waals surface area contributed by atoms with E-state index in [2.05, 4.69) is 15.9 Å². The van der Waals surface area contributed by atoms with Crippen molar-refractivity contribution in [3.8, 4) is 5.75 Å². The zero-order valence-corrected chi connectivity index (χ0v) is 9.84. The zero-order valence-electron chi connectivity index (χ0n) is 8.25. The number of rotatable bonds is 2. The Hall–Kier alpha value is -1.03. The van der Waals surface area contributed by atoms with E-state index >= 15 is 0 Å². The Balaban J connectivity index is 2.62. The molecular weight excluding hydrogens is 260 g/mol. The van der Waals surface area contributed by atoms with Gasteiger partial charge in [-0.1, -0.05) is 15.9 Å². The Kier molecular flexibility index (Phi) is 2.26. The van der Waals surface area contributed by atoms with Crippen LogP contribution in [0.15, 0.2) is 16.6 Å². The van der Waals surface area contributed by atoms with Gasteiger partial charge in [-0.15, -0.1) is 0 Å². The van der Waals surface area contributed by atoms with Crippen LogP contribution in [0.3, 0.4) is 0 Å². The van der Waals surface area contributed by atoms with Gasteiger partial charge in [-0.25, -0.2) is 0 Å². The topological polar surface area (TPSA) is 57.5 Å². The Morgan fingerprint density at radius 3 is 2.53 bits per heavy atom. The van der Waals surface area contributed by atoms with Crippen LogP contribution in [0.25, 0.3) is 0 Å². The molecule has 1 aromatic carbocycles. The third kappa shape index (κ3) is 1.44. The molecule has 2 N–H and O–H groups in total. The van der Waals surface area contributed by atoms with E-state index in [4.69, 9.17) is 0 Å². The lowest BCUT2D eigenvalue weighted by atomic mass is 9.91. The Labute approximate surface area is 95.9 Å². The molecule has 1 fully saturated rings. The summed E-state index contributed by atoms with van der Waals surface area (Å²) in [7, 11) is 0. The average molecular weight is 271 g/mol. The normalized spacial score (nSPS) is 17.5. The molecule has 0 bridgehead atoms. The van der Waals surface area contributed by atoms with E-state index in [-0.39, 0.29) is 5.75 Å². The van der Waals surface area contributed by atoms with E-state index in [0.29, 0.717) is 18.4 Å². The monoisotopic (exact) mass is 270 g/mol. The fourth-order valence-corrected chi connectivity index (χ4v) is 2.30. The van der Waals surface area contributed by atoms with Gasteiger partial charge in [-0.05, 0) is 37.5 Å². The van der Waals surface area contributed by atoms with Crippen molar-refractivity contribution in [2.75, 3.05) is 0 Å².